The lowest BCUT2D eigenvalue weighted by molar-refractivity contribution is 0.251. The summed E-state index contributed by atoms with van der Waals surface area (Å²) in [4.78, 5) is 16.2. The number of hydrogen-bond donors (Lipinski definition) is 2. The number of urea groups is 1. The molecule has 6 nitrogen and oxygen atoms in total. The van der Waals surface area contributed by atoms with Crippen molar-refractivity contribution in [3.05, 3.63) is 78.4 Å². The van der Waals surface area contributed by atoms with Gasteiger partial charge < -0.3 is 19.9 Å². The van der Waals surface area contributed by atoms with Gasteiger partial charge in [-0.1, -0.05) is 36.4 Å². The van der Waals surface area contributed by atoms with Crippen molar-refractivity contribution in [3.63, 3.8) is 0 Å². The first-order valence-electron chi connectivity index (χ1n) is 9.49. The number of nitrogens with zero attached hydrogens (tertiary/aromatic N) is 2. The number of rotatable bonds is 9. The lowest BCUT2D eigenvalue weighted by Crippen LogP contribution is -2.29. The molecule has 0 saturated heterocycles. The van der Waals surface area contributed by atoms with Crippen LogP contribution in [0.3, 0.4) is 0 Å². The van der Waals surface area contributed by atoms with Gasteiger partial charge >= 0.3 is 6.03 Å². The highest BCUT2D eigenvalue weighted by Gasteiger charge is 2.08. The highest BCUT2D eigenvalue weighted by Crippen LogP contribution is 2.26. The van der Waals surface area contributed by atoms with Crippen LogP contribution in [0.4, 0.5) is 10.5 Å². The van der Waals surface area contributed by atoms with Crippen LogP contribution in [-0.2, 0) is 13.2 Å². The van der Waals surface area contributed by atoms with Gasteiger partial charge in [-0.25, -0.2) is 9.78 Å². The Bertz CT molecular complexity index is 864. The number of anilines is 1. The van der Waals surface area contributed by atoms with E-state index in [0.29, 0.717) is 24.6 Å². The lowest BCUT2D eigenvalue weighted by Gasteiger charge is -2.14. The third-order valence-corrected chi connectivity index (χ3v) is 4.31. The van der Waals surface area contributed by atoms with Gasteiger partial charge in [-0.15, -0.1) is 0 Å². The fourth-order valence-corrected chi connectivity index (χ4v) is 2.79. The van der Waals surface area contributed by atoms with E-state index < -0.39 is 0 Å². The molecule has 0 aliphatic carbocycles. The average molecular weight is 378 g/mol. The minimum atomic E-state index is -0.226. The lowest BCUT2D eigenvalue weighted by atomic mass is 10.2. The minimum Gasteiger partial charge on any atom is -0.487 e. The molecule has 3 aromatic rings. The highest BCUT2D eigenvalue weighted by molar-refractivity contribution is 5.90. The van der Waals surface area contributed by atoms with Crippen LogP contribution in [-0.4, -0.2) is 22.1 Å². The standard InChI is InChI=1S/C22H26N4O2/c1-18-9-10-20(21(15-18)28-16-19-7-3-2-4-8-19)25-22(27)24-11-5-6-13-26-14-12-23-17-26/h2-4,7-10,12,14-15,17H,5-6,11,13,16H2,1H3,(H2,24,25,27). The maximum Gasteiger partial charge on any atom is 0.319 e. The number of aryl methyl sites for hydroxylation is 2. The van der Waals surface area contributed by atoms with Crippen molar-refractivity contribution in [2.75, 3.05) is 11.9 Å². The number of hydrogen-bond acceptors (Lipinski definition) is 3. The van der Waals surface area contributed by atoms with Crippen LogP contribution in [0, 0.1) is 6.92 Å². The molecule has 2 amide bonds. The van der Waals surface area contributed by atoms with Gasteiger partial charge in [0.05, 0.1) is 12.0 Å². The first-order chi connectivity index (χ1) is 13.7. The van der Waals surface area contributed by atoms with Crippen LogP contribution in [0.15, 0.2) is 67.3 Å². The molecule has 0 aliphatic rings. The van der Waals surface area contributed by atoms with Crippen molar-refractivity contribution in [2.24, 2.45) is 0 Å². The molecular formula is C22H26N4O2. The van der Waals surface area contributed by atoms with Gasteiger partial charge in [-0.2, -0.15) is 0 Å². The molecule has 0 fully saturated rings. The predicted octanol–water partition coefficient (Wildman–Crippen LogP) is 4.37. The van der Waals surface area contributed by atoms with E-state index >= 15 is 0 Å². The average Bonchev–Trinajstić information content (AvgIpc) is 3.22. The maximum absolute atomic E-state index is 12.2. The molecule has 0 aliphatic heterocycles. The third-order valence-electron chi connectivity index (χ3n) is 4.31. The van der Waals surface area contributed by atoms with Gasteiger partial charge in [0.1, 0.15) is 12.4 Å². The van der Waals surface area contributed by atoms with E-state index in [1.54, 1.807) is 12.5 Å². The zero-order valence-corrected chi connectivity index (χ0v) is 16.1. The molecule has 1 aromatic heterocycles. The Morgan fingerprint density at radius 2 is 2.00 bits per heavy atom. The number of carbonyl (C=O) groups is 1. The Hall–Kier alpha value is -3.28. The fourth-order valence-electron chi connectivity index (χ4n) is 2.79. The van der Waals surface area contributed by atoms with Gasteiger partial charge in [-0.3, -0.25) is 0 Å². The largest absolute Gasteiger partial charge is 0.487 e. The molecule has 0 atom stereocenters. The number of unbranched alkanes of at least 4 members (excludes halogenated alkanes) is 1. The Labute approximate surface area is 165 Å². The van der Waals surface area contributed by atoms with Crippen LogP contribution in [0.5, 0.6) is 5.75 Å². The Morgan fingerprint density at radius 3 is 2.79 bits per heavy atom. The monoisotopic (exact) mass is 378 g/mol. The van der Waals surface area contributed by atoms with Gasteiger partial charge in [0, 0.05) is 25.5 Å². The van der Waals surface area contributed by atoms with E-state index in [4.69, 9.17) is 4.74 Å². The maximum atomic E-state index is 12.2. The van der Waals surface area contributed by atoms with Crippen LogP contribution in [0.2, 0.25) is 0 Å². The third kappa shape index (κ3) is 6.16. The van der Waals surface area contributed by atoms with Crippen LogP contribution < -0.4 is 15.4 Å². The molecule has 146 valence electrons. The molecule has 0 saturated carbocycles. The van der Waals surface area contributed by atoms with Crippen molar-refractivity contribution in [1.82, 2.24) is 14.9 Å². The number of imidazole rings is 1. The van der Waals surface area contributed by atoms with E-state index in [2.05, 4.69) is 15.6 Å². The zero-order valence-electron chi connectivity index (χ0n) is 16.1. The molecule has 28 heavy (non-hydrogen) atoms. The summed E-state index contributed by atoms with van der Waals surface area (Å²) in [5.74, 6) is 0.666. The summed E-state index contributed by atoms with van der Waals surface area (Å²) in [6.07, 6.45) is 7.39. The molecule has 2 aromatic carbocycles. The second-order valence-corrected chi connectivity index (χ2v) is 6.66. The van der Waals surface area contributed by atoms with Crippen LogP contribution in [0.1, 0.15) is 24.0 Å². The van der Waals surface area contributed by atoms with E-state index in [9.17, 15) is 4.79 Å². The summed E-state index contributed by atoms with van der Waals surface area (Å²) in [5.41, 5.74) is 2.82. The van der Waals surface area contributed by atoms with Gasteiger partial charge in [0.15, 0.2) is 0 Å². The number of benzene rings is 2. The highest BCUT2D eigenvalue weighted by atomic mass is 16.5. The molecule has 3 rings (SSSR count). The summed E-state index contributed by atoms with van der Waals surface area (Å²) >= 11 is 0. The fraction of sp³-hybridized carbons (Fsp3) is 0.273. The van der Waals surface area contributed by atoms with E-state index in [1.807, 2.05) is 66.2 Å². The summed E-state index contributed by atoms with van der Waals surface area (Å²) in [5, 5.41) is 5.78. The Balaban J connectivity index is 1.46. The number of aromatic nitrogens is 2. The van der Waals surface area contributed by atoms with E-state index in [-0.39, 0.29) is 6.03 Å². The quantitative estimate of drug-likeness (QED) is 0.543. The molecule has 2 N–H and O–H groups in total. The van der Waals surface area contributed by atoms with Gasteiger partial charge in [0.25, 0.3) is 0 Å². The number of amides is 2. The molecule has 0 bridgehead atoms. The Morgan fingerprint density at radius 1 is 1.14 bits per heavy atom. The van der Waals surface area contributed by atoms with Crippen molar-refractivity contribution in [3.8, 4) is 5.75 Å². The van der Waals surface area contributed by atoms with Crippen molar-refractivity contribution in [1.29, 1.82) is 0 Å². The molecule has 1 heterocycles. The van der Waals surface area contributed by atoms with Crippen LogP contribution in [0.25, 0.3) is 0 Å². The first-order valence-corrected chi connectivity index (χ1v) is 9.49. The van der Waals surface area contributed by atoms with Crippen molar-refractivity contribution >= 4 is 11.7 Å². The second-order valence-electron chi connectivity index (χ2n) is 6.66. The first kappa shape index (κ1) is 19.5. The smallest absolute Gasteiger partial charge is 0.319 e. The van der Waals surface area contributed by atoms with Gasteiger partial charge in [0.2, 0.25) is 0 Å². The Kier molecular flexibility index (Phi) is 7.07. The number of nitrogens with one attached hydrogen (secondary N) is 2. The summed E-state index contributed by atoms with van der Waals surface area (Å²) < 4.78 is 7.97. The van der Waals surface area contributed by atoms with Crippen LogP contribution >= 0.6 is 0 Å². The van der Waals surface area contributed by atoms with E-state index in [1.165, 1.54) is 0 Å². The number of ether oxygens (including phenoxy) is 1. The summed E-state index contributed by atoms with van der Waals surface area (Å²) in [7, 11) is 0. The van der Waals surface area contributed by atoms with Crippen molar-refractivity contribution < 1.29 is 9.53 Å². The SMILES string of the molecule is Cc1ccc(NC(=O)NCCCCn2ccnc2)c(OCc2ccccc2)c1. The molecular weight excluding hydrogens is 352 g/mol. The minimum absolute atomic E-state index is 0.226. The molecule has 6 heteroatoms. The van der Waals surface area contributed by atoms with Crippen molar-refractivity contribution in [2.45, 2.75) is 32.9 Å². The number of carbonyl (C=O) groups excluding carboxylic acids is 1. The molecule has 0 radical (unpaired) electrons. The summed E-state index contributed by atoms with van der Waals surface area (Å²) in [6.45, 7) is 3.97. The normalized spacial score (nSPS) is 10.5. The van der Waals surface area contributed by atoms with Gasteiger partial charge in [-0.05, 0) is 43.0 Å². The second kappa shape index (κ2) is 10.2. The predicted molar refractivity (Wildman–Crippen MR) is 110 cm³/mol. The molecule has 0 unspecified atom stereocenters. The topological polar surface area (TPSA) is 68.2 Å². The van der Waals surface area contributed by atoms with E-state index in [0.717, 1.165) is 30.5 Å². The molecule has 0 spiro atoms. The zero-order chi connectivity index (χ0) is 19.6. The summed E-state index contributed by atoms with van der Waals surface area (Å²) in [6, 6.07) is 15.5.